The van der Waals surface area contributed by atoms with Gasteiger partial charge in [-0.1, -0.05) is 23.7 Å². The minimum absolute atomic E-state index is 0.300. The Morgan fingerprint density at radius 3 is 2.60 bits per heavy atom. The number of nitrogens with zero attached hydrogens (tertiary/aromatic N) is 2. The second-order valence-corrected chi connectivity index (χ2v) is 3.48. The molecule has 2 aromatic rings. The van der Waals surface area contributed by atoms with Gasteiger partial charge in [0.1, 0.15) is 0 Å². The van der Waals surface area contributed by atoms with E-state index >= 15 is 0 Å². The SMILES string of the molecule is Nc1nnc(NCc2ccc(Cl)cc2)[nH]1. The van der Waals surface area contributed by atoms with Gasteiger partial charge in [0.15, 0.2) is 0 Å². The Hall–Kier alpha value is -1.75. The van der Waals surface area contributed by atoms with Crippen molar-refractivity contribution in [2.24, 2.45) is 0 Å². The van der Waals surface area contributed by atoms with Gasteiger partial charge < -0.3 is 11.1 Å². The van der Waals surface area contributed by atoms with Gasteiger partial charge in [-0.25, -0.2) is 0 Å². The molecule has 0 spiro atoms. The van der Waals surface area contributed by atoms with Crippen LogP contribution in [0.25, 0.3) is 0 Å². The van der Waals surface area contributed by atoms with E-state index in [1.54, 1.807) is 0 Å². The first kappa shape index (κ1) is 9.79. The zero-order valence-electron chi connectivity index (χ0n) is 7.87. The van der Waals surface area contributed by atoms with Gasteiger partial charge in [0.05, 0.1) is 0 Å². The maximum atomic E-state index is 5.77. The summed E-state index contributed by atoms with van der Waals surface area (Å²) in [5.41, 5.74) is 6.49. The fraction of sp³-hybridized carbons (Fsp3) is 0.111. The van der Waals surface area contributed by atoms with Crippen molar-refractivity contribution in [2.45, 2.75) is 6.54 Å². The molecule has 0 aliphatic rings. The molecule has 1 aromatic heterocycles. The second kappa shape index (κ2) is 4.18. The summed E-state index contributed by atoms with van der Waals surface area (Å²) in [6.07, 6.45) is 0. The molecule has 0 amide bonds. The van der Waals surface area contributed by atoms with Gasteiger partial charge in [-0.05, 0) is 17.7 Å². The van der Waals surface area contributed by atoms with Crippen molar-refractivity contribution in [3.8, 4) is 0 Å². The van der Waals surface area contributed by atoms with Crippen molar-refractivity contribution in [3.05, 3.63) is 34.9 Å². The Labute approximate surface area is 91.7 Å². The molecule has 4 N–H and O–H groups in total. The Kier molecular flexibility index (Phi) is 2.73. The highest BCUT2D eigenvalue weighted by atomic mass is 35.5. The number of halogens is 1. The maximum Gasteiger partial charge on any atom is 0.223 e. The van der Waals surface area contributed by atoms with Gasteiger partial charge >= 0.3 is 0 Å². The highest BCUT2D eigenvalue weighted by Crippen LogP contribution is 2.10. The van der Waals surface area contributed by atoms with Crippen LogP contribution in [0, 0.1) is 0 Å². The summed E-state index contributed by atoms with van der Waals surface area (Å²) in [5.74, 6) is 0.857. The topological polar surface area (TPSA) is 79.6 Å². The number of hydrogen-bond acceptors (Lipinski definition) is 4. The quantitative estimate of drug-likeness (QED) is 0.739. The number of anilines is 2. The van der Waals surface area contributed by atoms with Crippen molar-refractivity contribution >= 4 is 23.5 Å². The van der Waals surface area contributed by atoms with Gasteiger partial charge in [-0.3, -0.25) is 4.98 Å². The van der Waals surface area contributed by atoms with Gasteiger partial charge in [-0.15, -0.1) is 10.2 Å². The molecule has 0 aliphatic heterocycles. The highest BCUT2D eigenvalue weighted by molar-refractivity contribution is 6.30. The van der Waals surface area contributed by atoms with Gasteiger partial charge in [-0.2, -0.15) is 0 Å². The van der Waals surface area contributed by atoms with Crippen LogP contribution in [0.4, 0.5) is 11.9 Å². The van der Waals surface area contributed by atoms with E-state index in [0.29, 0.717) is 18.4 Å². The Bertz CT molecular complexity index is 436. The standard InChI is InChI=1S/C9H10ClN5/c10-7-3-1-6(2-4-7)5-12-9-13-8(11)14-15-9/h1-4H,5H2,(H4,11,12,13,14,15). The highest BCUT2D eigenvalue weighted by Gasteiger charge is 1.98. The minimum atomic E-state index is 0.300. The predicted octanol–water partition coefficient (Wildman–Crippen LogP) is 1.65. The molecule has 0 atom stereocenters. The summed E-state index contributed by atoms with van der Waals surface area (Å²) in [4.78, 5) is 2.78. The van der Waals surface area contributed by atoms with Crippen molar-refractivity contribution in [3.63, 3.8) is 0 Å². The number of nitrogens with two attached hydrogens (primary N) is 1. The van der Waals surface area contributed by atoms with Crippen LogP contribution >= 0.6 is 11.6 Å². The van der Waals surface area contributed by atoms with Crippen LogP contribution in [0.15, 0.2) is 24.3 Å². The van der Waals surface area contributed by atoms with E-state index in [-0.39, 0.29) is 0 Å². The van der Waals surface area contributed by atoms with Crippen molar-refractivity contribution in [2.75, 3.05) is 11.1 Å². The number of benzene rings is 1. The number of rotatable bonds is 3. The molecule has 0 saturated carbocycles. The van der Waals surface area contributed by atoms with Crippen molar-refractivity contribution < 1.29 is 0 Å². The third-order valence-corrected chi connectivity index (χ3v) is 2.13. The van der Waals surface area contributed by atoms with E-state index in [9.17, 15) is 0 Å². The summed E-state index contributed by atoms with van der Waals surface area (Å²) in [6.45, 7) is 0.645. The average Bonchev–Trinajstić information content (AvgIpc) is 2.64. The van der Waals surface area contributed by atoms with E-state index < -0.39 is 0 Å². The lowest BCUT2D eigenvalue weighted by atomic mass is 10.2. The minimum Gasteiger partial charge on any atom is -0.368 e. The molecule has 2 rings (SSSR count). The second-order valence-electron chi connectivity index (χ2n) is 3.04. The van der Waals surface area contributed by atoms with E-state index in [1.807, 2.05) is 24.3 Å². The zero-order chi connectivity index (χ0) is 10.7. The van der Waals surface area contributed by atoms with E-state index in [2.05, 4.69) is 20.5 Å². The fourth-order valence-corrected chi connectivity index (χ4v) is 1.27. The number of H-pyrrole nitrogens is 1. The fourth-order valence-electron chi connectivity index (χ4n) is 1.14. The molecular formula is C9H10ClN5. The number of nitrogens with one attached hydrogen (secondary N) is 2. The molecule has 0 unspecified atom stereocenters. The number of aromatic amines is 1. The summed E-state index contributed by atoms with van der Waals surface area (Å²) in [7, 11) is 0. The summed E-state index contributed by atoms with van der Waals surface area (Å²) in [6, 6.07) is 7.56. The van der Waals surface area contributed by atoms with Crippen LogP contribution in [0.3, 0.4) is 0 Å². The van der Waals surface area contributed by atoms with Crippen LogP contribution in [0.2, 0.25) is 5.02 Å². The third-order valence-electron chi connectivity index (χ3n) is 1.88. The smallest absolute Gasteiger partial charge is 0.223 e. The summed E-state index contributed by atoms with van der Waals surface area (Å²) >= 11 is 5.77. The molecule has 6 heteroatoms. The van der Waals surface area contributed by atoms with Crippen LogP contribution in [-0.4, -0.2) is 15.2 Å². The molecule has 5 nitrogen and oxygen atoms in total. The van der Waals surface area contributed by atoms with Gasteiger partial charge in [0.25, 0.3) is 0 Å². The molecule has 78 valence electrons. The first-order chi connectivity index (χ1) is 7.24. The van der Waals surface area contributed by atoms with Crippen molar-refractivity contribution in [1.82, 2.24) is 15.2 Å². The van der Waals surface area contributed by atoms with Crippen LogP contribution in [0.1, 0.15) is 5.56 Å². The molecule has 1 aromatic carbocycles. The summed E-state index contributed by atoms with van der Waals surface area (Å²) < 4.78 is 0. The van der Waals surface area contributed by atoms with E-state index in [1.165, 1.54) is 0 Å². The Morgan fingerprint density at radius 1 is 1.27 bits per heavy atom. The average molecular weight is 224 g/mol. The number of hydrogen-bond donors (Lipinski definition) is 3. The third kappa shape index (κ3) is 2.60. The molecule has 15 heavy (non-hydrogen) atoms. The first-order valence-corrected chi connectivity index (χ1v) is 4.78. The monoisotopic (exact) mass is 223 g/mol. The lowest BCUT2D eigenvalue weighted by Crippen LogP contribution is -2.00. The Morgan fingerprint density at radius 2 is 2.00 bits per heavy atom. The van der Waals surface area contributed by atoms with E-state index in [4.69, 9.17) is 17.3 Å². The lowest BCUT2D eigenvalue weighted by Gasteiger charge is -2.02. The normalized spacial score (nSPS) is 10.2. The van der Waals surface area contributed by atoms with Crippen LogP contribution in [-0.2, 0) is 6.54 Å². The molecule has 0 radical (unpaired) electrons. The Balaban J connectivity index is 1.96. The summed E-state index contributed by atoms with van der Waals surface area (Å²) in [5, 5.41) is 11.2. The molecule has 0 saturated heterocycles. The van der Waals surface area contributed by atoms with Gasteiger partial charge in [0, 0.05) is 11.6 Å². The molecular weight excluding hydrogens is 214 g/mol. The maximum absolute atomic E-state index is 5.77. The molecule has 0 bridgehead atoms. The van der Waals surface area contributed by atoms with Crippen molar-refractivity contribution in [1.29, 1.82) is 0 Å². The number of nitrogen functional groups attached to an aromatic ring is 1. The largest absolute Gasteiger partial charge is 0.368 e. The zero-order valence-corrected chi connectivity index (χ0v) is 8.62. The predicted molar refractivity (Wildman–Crippen MR) is 59.6 cm³/mol. The first-order valence-electron chi connectivity index (χ1n) is 4.40. The molecule has 1 heterocycles. The van der Waals surface area contributed by atoms with Crippen LogP contribution in [0.5, 0.6) is 0 Å². The van der Waals surface area contributed by atoms with Gasteiger partial charge in [0.2, 0.25) is 11.9 Å². The van der Waals surface area contributed by atoms with Crippen LogP contribution < -0.4 is 11.1 Å². The van der Waals surface area contributed by atoms with E-state index in [0.717, 1.165) is 10.6 Å². The molecule has 0 aliphatic carbocycles. The molecule has 0 fully saturated rings. The number of aromatic nitrogens is 3. The lowest BCUT2D eigenvalue weighted by molar-refractivity contribution is 1.05.